The van der Waals surface area contributed by atoms with E-state index < -0.39 is 0 Å². The number of allylic oxidation sites excluding steroid dienone is 4. The second-order valence-corrected chi connectivity index (χ2v) is 8.76. The Bertz CT molecular complexity index is 486. The Kier molecular flexibility index (Phi) is 4.59. The van der Waals surface area contributed by atoms with E-state index in [1.807, 2.05) is 0 Å². The highest BCUT2D eigenvalue weighted by molar-refractivity contribution is 5.42. The molecule has 2 fully saturated rings. The summed E-state index contributed by atoms with van der Waals surface area (Å²) in [6.45, 7) is 14.7. The van der Waals surface area contributed by atoms with Crippen molar-refractivity contribution in [1.29, 1.82) is 0 Å². The first-order valence-electron chi connectivity index (χ1n) is 9.78. The maximum absolute atomic E-state index is 2.57. The summed E-state index contributed by atoms with van der Waals surface area (Å²) >= 11 is 0. The van der Waals surface area contributed by atoms with Crippen molar-refractivity contribution >= 4 is 0 Å². The summed E-state index contributed by atoms with van der Waals surface area (Å²) in [7, 11) is 0. The van der Waals surface area contributed by atoms with Crippen LogP contribution in [0.1, 0.15) is 80.1 Å². The topological polar surface area (TPSA) is 0 Å². The zero-order chi connectivity index (χ0) is 16.0. The van der Waals surface area contributed by atoms with E-state index in [1.165, 1.54) is 38.5 Å². The van der Waals surface area contributed by atoms with Gasteiger partial charge in [0.1, 0.15) is 0 Å². The van der Waals surface area contributed by atoms with Gasteiger partial charge in [-0.2, -0.15) is 0 Å². The molecular formula is C22H36. The summed E-state index contributed by atoms with van der Waals surface area (Å²) < 4.78 is 0. The second kappa shape index (κ2) is 6.17. The third kappa shape index (κ3) is 2.51. The van der Waals surface area contributed by atoms with Crippen LogP contribution >= 0.6 is 0 Å². The summed E-state index contributed by atoms with van der Waals surface area (Å²) in [5.41, 5.74) is 6.61. The zero-order valence-corrected chi connectivity index (χ0v) is 15.7. The quantitative estimate of drug-likeness (QED) is 0.501. The summed E-state index contributed by atoms with van der Waals surface area (Å²) in [4.78, 5) is 0. The molecule has 0 aromatic heterocycles. The minimum Gasteiger partial charge on any atom is -0.0664 e. The molecule has 0 aromatic carbocycles. The third-order valence-electron chi connectivity index (χ3n) is 8.09. The molecule has 0 radical (unpaired) electrons. The summed E-state index contributed by atoms with van der Waals surface area (Å²) in [5.74, 6) is 5.40. The molecule has 0 spiro atoms. The van der Waals surface area contributed by atoms with E-state index in [0.29, 0.717) is 0 Å². The van der Waals surface area contributed by atoms with Gasteiger partial charge in [0, 0.05) is 0 Å². The lowest BCUT2D eigenvalue weighted by atomic mass is 9.53. The molecule has 3 rings (SSSR count). The fourth-order valence-electron chi connectivity index (χ4n) is 6.18. The van der Waals surface area contributed by atoms with Crippen LogP contribution in [0.5, 0.6) is 0 Å². The van der Waals surface area contributed by atoms with Gasteiger partial charge in [-0.15, -0.1) is 0 Å². The Morgan fingerprint density at radius 3 is 1.95 bits per heavy atom. The highest BCUT2D eigenvalue weighted by atomic mass is 14.5. The largest absolute Gasteiger partial charge is 0.0664 e. The first kappa shape index (κ1) is 16.3. The molecule has 3 aliphatic carbocycles. The number of fused-ring (bicyclic) bond motifs is 1. The van der Waals surface area contributed by atoms with Crippen molar-refractivity contribution in [1.82, 2.24) is 0 Å². The Labute approximate surface area is 138 Å². The third-order valence-corrected chi connectivity index (χ3v) is 8.09. The summed E-state index contributed by atoms with van der Waals surface area (Å²) in [6, 6.07) is 0. The van der Waals surface area contributed by atoms with Crippen LogP contribution in [0.25, 0.3) is 0 Å². The number of hydrogen-bond donors (Lipinski definition) is 0. The van der Waals surface area contributed by atoms with E-state index in [2.05, 4.69) is 41.5 Å². The zero-order valence-electron chi connectivity index (χ0n) is 15.7. The summed E-state index contributed by atoms with van der Waals surface area (Å²) in [5, 5.41) is 0. The van der Waals surface area contributed by atoms with Gasteiger partial charge in [-0.1, -0.05) is 57.1 Å². The van der Waals surface area contributed by atoms with Crippen LogP contribution in [0.3, 0.4) is 0 Å². The maximum atomic E-state index is 2.57. The molecular weight excluding hydrogens is 264 g/mol. The van der Waals surface area contributed by atoms with Gasteiger partial charge in [-0.25, -0.2) is 0 Å². The van der Waals surface area contributed by atoms with Crippen LogP contribution in [-0.2, 0) is 0 Å². The van der Waals surface area contributed by atoms with Gasteiger partial charge in [0.2, 0.25) is 0 Å². The minimum absolute atomic E-state index is 0.818. The van der Waals surface area contributed by atoms with Crippen LogP contribution in [0.2, 0.25) is 0 Å². The SMILES string of the molecule is CC1=C(C)C2CC(C3CCCCC3)C(C)C(C)C2C(C)=C1C. The maximum Gasteiger partial charge on any atom is -0.0106 e. The van der Waals surface area contributed by atoms with Crippen LogP contribution in [0.15, 0.2) is 22.3 Å². The molecule has 2 saturated carbocycles. The highest BCUT2D eigenvalue weighted by Crippen LogP contribution is 2.55. The lowest BCUT2D eigenvalue weighted by Gasteiger charge is -2.51. The molecule has 0 heterocycles. The second-order valence-electron chi connectivity index (χ2n) is 8.76. The van der Waals surface area contributed by atoms with Crippen molar-refractivity contribution < 1.29 is 0 Å². The fraction of sp³-hybridized carbons (Fsp3) is 0.818. The Morgan fingerprint density at radius 2 is 1.32 bits per heavy atom. The molecule has 0 heteroatoms. The molecule has 0 nitrogen and oxygen atoms in total. The van der Waals surface area contributed by atoms with Crippen LogP contribution in [0, 0.1) is 35.5 Å². The van der Waals surface area contributed by atoms with Gasteiger partial charge in [-0.3, -0.25) is 0 Å². The van der Waals surface area contributed by atoms with Crippen molar-refractivity contribution in [3.63, 3.8) is 0 Å². The molecule has 3 aliphatic rings. The monoisotopic (exact) mass is 300 g/mol. The van der Waals surface area contributed by atoms with E-state index in [0.717, 1.165) is 35.5 Å². The van der Waals surface area contributed by atoms with Crippen molar-refractivity contribution in [3.05, 3.63) is 22.3 Å². The summed E-state index contributed by atoms with van der Waals surface area (Å²) in [6.07, 6.45) is 8.95. The van der Waals surface area contributed by atoms with Crippen LogP contribution in [0.4, 0.5) is 0 Å². The predicted octanol–water partition coefficient (Wildman–Crippen LogP) is 6.78. The van der Waals surface area contributed by atoms with Crippen molar-refractivity contribution in [2.24, 2.45) is 35.5 Å². The predicted molar refractivity (Wildman–Crippen MR) is 96.7 cm³/mol. The molecule has 0 N–H and O–H groups in total. The average molecular weight is 301 g/mol. The van der Waals surface area contributed by atoms with Gasteiger partial charge in [0.15, 0.2) is 0 Å². The van der Waals surface area contributed by atoms with E-state index in [4.69, 9.17) is 0 Å². The lowest BCUT2D eigenvalue weighted by Crippen LogP contribution is -2.43. The number of hydrogen-bond acceptors (Lipinski definition) is 0. The smallest absolute Gasteiger partial charge is 0.0106 e. The standard InChI is InChI=1S/C22H36/c1-13-14(2)17(5)22-18(6)16(4)20(12-21(22)15(13)3)19-10-8-7-9-11-19/h16,18-22H,7-12H2,1-6H3. The Morgan fingerprint density at radius 1 is 0.727 bits per heavy atom. The number of rotatable bonds is 1. The van der Waals surface area contributed by atoms with Crippen molar-refractivity contribution in [2.45, 2.75) is 80.1 Å². The lowest BCUT2D eigenvalue weighted by molar-refractivity contribution is 0.0403. The van der Waals surface area contributed by atoms with Crippen LogP contribution in [-0.4, -0.2) is 0 Å². The van der Waals surface area contributed by atoms with E-state index in [9.17, 15) is 0 Å². The van der Waals surface area contributed by atoms with Gasteiger partial charge in [0.25, 0.3) is 0 Å². The molecule has 5 atom stereocenters. The van der Waals surface area contributed by atoms with E-state index in [-0.39, 0.29) is 0 Å². The van der Waals surface area contributed by atoms with Crippen LogP contribution < -0.4 is 0 Å². The average Bonchev–Trinajstić information content (AvgIpc) is 2.54. The normalized spacial score (nSPS) is 40.9. The van der Waals surface area contributed by atoms with Gasteiger partial charge < -0.3 is 0 Å². The first-order valence-corrected chi connectivity index (χ1v) is 9.78. The molecule has 5 unspecified atom stereocenters. The van der Waals surface area contributed by atoms with Gasteiger partial charge in [0.05, 0.1) is 0 Å². The molecule has 22 heavy (non-hydrogen) atoms. The molecule has 0 bridgehead atoms. The van der Waals surface area contributed by atoms with E-state index >= 15 is 0 Å². The molecule has 0 aliphatic heterocycles. The Balaban J connectivity index is 1.90. The fourth-order valence-corrected chi connectivity index (χ4v) is 6.18. The molecule has 0 aromatic rings. The van der Waals surface area contributed by atoms with Gasteiger partial charge in [-0.05, 0) is 80.8 Å². The molecule has 0 saturated heterocycles. The Hall–Kier alpha value is -0.520. The molecule has 124 valence electrons. The van der Waals surface area contributed by atoms with E-state index in [1.54, 1.807) is 22.3 Å². The first-order chi connectivity index (χ1) is 10.4. The molecule has 0 amide bonds. The highest BCUT2D eigenvalue weighted by Gasteiger charge is 2.45. The van der Waals surface area contributed by atoms with Gasteiger partial charge >= 0.3 is 0 Å². The van der Waals surface area contributed by atoms with Crippen molar-refractivity contribution in [2.75, 3.05) is 0 Å². The minimum atomic E-state index is 0.818. The van der Waals surface area contributed by atoms with Crippen molar-refractivity contribution in [3.8, 4) is 0 Å².